The second kappa shape index (κ2) is 17.4. The summed E-state index contributed by atoms with van der Waals surface area (Å²) >= 11 is 3.52. The van der Waals surface area contributed by atoms with E-state index in [1.165, 1.54) is 0 Å². The first-order valence-electron chi connectivity index (χ1n) is 15.1. The molecule has 0 saturated heterocycles. The Hall–Kier alpha value is -3.93. The molecule has 0 unspecified atom stereocenters. The van der Waals surface area contributed by atoms with Gasteiger partial charge in [-0.05, 0) is 68.2 Å². The van der Waals surface area contributed by atoms with Crippen molar-refractivity contribution in [3.8, 4) is 0 Å². The van der Waals surface area contributed by atoms with E-state index in [1.807, 2.05) is 36.4 Å². The van der Waals surface area contributed by atoms with E-state index in [2.05, 4.69) is 31.6 Å². The number of benzene rings is 2. The lowest BCUT2D eigenvalue weighted by molar-refractivity contribution is -0.148. The standard InChI is InChI=1S/C32H44BrN7O4/c1-2-44-31(43)26(12-7-17-38-32(36)37)39-30(42)27(21-8-4-3-5-9-21)40-29(41)25(23-10-6-11-24(33)19-23)18-20-13-15-22(16-14-20)28(34)35/h6,10-11,13-16,19,21,25-27H,2-5,7-9,12,17-18H2,1H3,(H3,34,35)(H,39,42)(H,40,41)(H4,36,37,38)/t25-,26+,27+/m1/s1. The van der Waals surface area contributed by atoms with Crippen LogP contribution in [0.3, 0.4) is 0 Å². The van der Waals surface area contributed by atoms with Crippen molar-refractivity contribution in [1.29, 1.82) is 5.41 Å². The number of halogens is 1. The lowest BCUT2D eigenvalue weighted by Gasteiger charge is -2.32. The van der Waals surface area contributed by atoms with Crippen LogP contribution in [0, 0.1) is 11.3 Å². The third kappa shape index (κ3) is 10.7. The van der Waals surface area contributed by atoms with Crippen molar-refractivity contribution in [3.05, 3.63) is 69.7 Å². The fourth-order valence-corrected chi connectivity index (χ4v) is 5.93. The molecule has 0 aliphatic heterocycles. The number of amides is 2. The van der Waals surface area contributed by atoms with Gasteiger partial charge in [-0.3, -0.25) is 20.0 Å². The van der Waals surface area contributed by atoms with Crippen molar-refractivity contribution in [1.82, 2.24) is 10.6 Å². The molecule has 2 amide bonds. The summed E-state index contributed by atoms with van der Waals surface area (Å²) in [6, 6.07) is 13.0. The zero-order valence-electron chi connectivity index (χ0n) is 25.2. The Kier molecular flexibility index (Phi) is 13.7. The first-order valence-corrected chi connectivity index (χ1v) is 15.9. The Morgan fingerprint density at radius 2 is 1.73 bits per heavy atom. The highest BCUT2D eigenvalue weighted by Crippen LogP contribution is 2.29. The van der Waals surface area contributed by atoms with Gasteiger partial charge in [0.05, 0.1) is 12.5 Å². The van der Waals surface area contributed by atoms with Crippen molar-refractivity contribution in [2.24, 2.45) is 28.1 Å². The summed E-state index contributed by atoms with van der Waals surface area (Å²) in [5.41, 5.74) is 18.7. The second-order valence-corrected chi connectivity index (χ2v) is 12.0. The van der Waals surface area contributed by atoms with Gasteiger partial charge in [-0.2, -0.15) is 0 Å². The minimum atomic E-state index is -0.902. The van der Waals surface area contributed by atoms with Crippen molar-refractivity contribution >= 4 is 45.5 Å². The Morgan fingerprint density at radius 1 is 1.02 bits per heavy atom. The summed E-state index contributed by atoms with van der Waals surface area (Å²) in [6.07, 6.45) is 5.69. The number of ether oxygens (including phenoxy) is 1. The fourth-order valence-electron chi connectivity index (χ4n) is 5.52. The summed E-state index contributed by atoms with van der Waals surface area (Å²) in [5, 5.41) is 13.6. The number of aliphatic imine (C=N–C) groups is 1. The molecule has 238 valence electrons. The lowest BCUT2D eigenvalue weighted by Crippen LogP contribution is -2.55. The molecule has 1 aliphatic rings. The maximum Gasteiger partial charge on any atom is 0.328 e. The summed E-state index contributed by atoms with van der Waals surface area (Å²) in [6.45, 7) is 2.18. The molecule has 9 N–H and O–H groups in total. The number of carbonyl (C=O) groups excluding carboxylic acids is 3. The number of nitrogens with zero attached hydrogens (tertiary/aromatic N) is 1. The molecule has 3 atom stereocenters. The van der Waals surface area contributed by atoms with Gasteiger partial charge in [-0.1, -0.05) is 71.6 Å². The minimum Gasteiger partial charge on any atom is -0.464 e. The molecular weight excluding hydrogens is 626 g/mol. The van der Waals surface area contributed by atoms with Gasteiger partial charge in [0.2, 0.25) is 11.8 Å². The number of nitrogen functional groups attached to an aromatic ring is 1. The number of nitrogens with one attached hydrogen (secondary N) is 3. The Balaban J connectivity index is 1.87. The summed E-state index contributed by atoms with van der Waals surface area (Å²) < 4.78 is 6.07. The highest BCUT2D eigenvalue weighted by Gasteiger charge is 2.35. The molecule has 0 aromatic heterocycles. The molecule has 12 heteroatoms. The van der Waals surface area contributed by atoms with Crippen molar-refractivity contribution < 1.29 is 19.1 Å². The van der Waals surface area contributed by atoms with Crippen LogP contribution < -0.4 is 27.8 Å². The maximum atomic E-state index is 14.1. The van der Waals surface area contributed by atoms with Crippen LogP contribution in [0.15, 0.2) is 58.0 Å². The molecule has 2 aromatic rings. The first-order chi connectivity index (χ1) is 21.1. The number of nitrogens with two attached hydrogens (primary N) is 3. The quantitative estimate of drug-likeness (QED) is 0.0723. The second-order valence-electron chi connectivity index (χ2n) is 11.1. The normalized spacial score (nSPS) is 15.3. The number of rotatable bonds is 15. The number of hydrogen-bond acceptors (Lipinski definition) is 6. The van der Waals surface area contributed by atoms with Crippen LogP contribution in [0.4, 0.5) is 0 Å². The molecule has 0 heterocycles. The van der Waals surface area contributed by atoms with Gasteiger partial charge in [-0.25, -0.2) is 4.79 Å². The molecule has 0 bridgehead atoms. The monoisotopic (exact) mass is 669 g/mol. The average Bonchev–Trinajstić information content (AvgIpc) is 3.00. The van der Waals surface area contributed by atoms with Gasteiger partial charge in [0.15, 0.2) is 5.96 Å². The average molecular weight is 671 g/mol. The van der Waals surface area contributed by atoms with E-state index < -0.39 is 29.9 Å². The maximum absolute atomic E-state index is 14.1. The molecule has 2 aromatic carbocycles. The van der Waals surface area contributed by atoms with Crippen LogP contribution in [0.25, 0.3) is 0 Å². The predicted molar refractivity (Wildman–Crippen MR) is 175 cm³/mol. The van der Waals surface area contributed by atoms with Crippen LogP contribution in [0.5, 0.6) is 0 Å². The zero-order valence-corrected chi connectivity index (χ0v) is 26.8. The third-order valence-electron chi connectivity index (χ3n) is 7.81. The topological polar surface area (TPSA) is 199 Å². The largest absolute Gasteiger partial charge is 0.464 e. The van der Waals surface area contributed by atoms with Crippen LogP contribution in [0.1, 0.15) is 74.5 Å². The summed E-state index contributed by atoms with van der Waals surface area (Å²) in [4.78, 5) is 44.7. The van der Waals surface area contributed by atoms with E-state index in [-0.39, 0.29) is 36.6 Å². The Bertz CT molecular complexity index is 1310. The molecule has 0 spiro atoms. The number of hydrogen-bond donors (Lipinski definition) is 6. The molecule has 44 heavy (non-hydrogen) atoms. The lowest BCUT2D eigenvalue weighted by atomic mass is 9.82. The van der Waals surface area contributed by atoms with E-state index in [4.69, 9.17) is 27.3 Å². The van der Waals surface area contributed by atoms with E-state index in [1.54, 1.807) is 19.1 Å². The fraction of sp³-hybridized carbons (Fsp3) is 0.469. The van der Waals surface area contributed by atoms with Crippen LogP contribution in [0.2, 0.25) is 0 Å². The van der Waals surface area contributed by atoms with Crippen LogP contribution in [-0.2, 0) is 25.5 Å². The third-order valence-corrected chi connectivity index (χ3v) is 8.30. The Labute approximate surface area is 267 Å². The first kappa shape index (κ1) is 34.6. The zero-order chi connectivity index (χ0) is 32.1. The highest BCUT2D eigenvalue weighted by molar-refractivity contribution is 9.10. The number of guanidine groups is 1. The van der Waals surface area contributed by atoms with Crippen molar-refractivity contribution in [2.75, 3.05) is 13.2 Å². The van der Waals surface area contributed by atoms with E-state index in [0.29, 0.717) is 24.9 Å². The minimum absolute atomic E-state index is 0.0310. The van der Waals surface area contributed by atoms with Gasteiger partial charge >= 0.3 is 5.97 Å². The molecule has 1 fully saturated rings. The van der Waals surface area contributed by atoms with E-state index in [0.717, 1.165) is 47.7 Å². The number of amidine groups is 1. The van der Waals surface area contributed by atoms with E-state index in [9.17, 15) is 14.4 Å². The van der Waals surface area contributed by atoms with Crippen molar-refractivity contribution in [3.63, 3.8) is 0 Å². The smallest absolute Gasteiger partial charge is 0.328 e. The molecule has 11 nitrogen and oxygen atoms in total. The van der Waals surface area contributed by atoms with Gasteiger partial charge in [0, 0.05) is 16.6 Å². The SMILES string of the molecule is CCOC(=O)[C@H](CCCN=C(N)N)NC(=O)[C@@H](NC(=O)[C@H](Cc1ccc(C(=N)N)cc1)c1cccc(Br)c1)C1CCCCC1. The van der Waals surface area contributed by atoms with Gasteiger partial charge in [0.25, 0.3) is 0 Å². The molecular formula is C32H44BrN7O4. The molecule has 1 aliphatic carbocycles. The number of esters is 1. The summed E-state index contributed by atoms with van der Waals surface area (Å²) in [7, 11) is 0. The van der Waals surface area contributed by atoms with Gasteiger partial charge in [-0.15, -0.1) is 0 Å². The van der Waals surface area contributed by atoms with Crippen LogP contribution in [-0.4, -0.2) is 54.8 Å². The highest BCUT2D eigenvalue weighted by atomic mass is 79.9. The Morgan fingerprint density at radius 3 is 2.34 bits per heavy atom. The summed E-state index contributed by atoms with van der Waals surface area (Å²) in [5.74, 6) is -1.99. The van der Waals surface area contributed by atoms with Crippen LogP contribution >= 0.6 is 15.9 Å². The number of carbonyl (C=O) groups is 3. The molecule has 0 radical (unpaired) electrons. The van der Waals surface area contributed by atoms with Gasteiger partial charge in [0.1, 0.15) is 17.9 Å². The predicted octanol–water partition coefficient (Wildman–Crippen LogP) is 3.23. The van der Waals surface area contributed by atoms with Crippen molar-refractivity contribution in [2.45, 2.75) is 76.3 Å². The van der Waals surface area contributed by atoms with Gasteiger partial charge < -0.3 is 32.6 Å². The molecule has 1 saturated carbocycles. The molecule has 3 rings (SSSR count). The van der Waals surface area contributed by atoms with E-state index >= 15 is 0 Å².